The van der Waals surface area contributed by atoms with Crippen LogP contribution < -0.4 is 0 Å². The second-order valence-electron chi connectivity index (χ2n) is 4.41. The van der Waals surface area contributed by atoms with Crippen LogP contribution in [-0.4, -0.2) is 60.9 Å². The summed E-state index contributed by atoms with van der Waals surface area (Å²) in [4.78, 5) is 5.52. The van der Waals surface area contributed by atoms with Crippen molar-refractivity contribution in [2.75, 3.05) is 39.5 Å². The number of nitrogens with zero attached hydrogens (tertiary/aromatic N) is 1. The summed E-state index contributed by atoms with van der Waals surface area (Å²) in [6, 6.07) is 0. The average Bonchev–Trinajstić information content (AvgIpc) is 2.35. The molecule has 0 heterocycles. The lowest BCUT2D eigenvalue weighted by Gasteiger charge is -2.22. The fraction of sp³-hybridized carbons (Fsp3) is 1.00. The molecule has 110 valence electrons. The smallest absolute Gasteiger partial charge is 0.0941 e. The zero-order chi connectivity index (χ0) is 13.6. The summed E-state index contributed by atoms with van der Waals surface area (Å²) in [5.74, 6) is 0. The molecule has 0 fully saturated rings. The van der Waals surface area contributed by atoms with Gasteiger partial charge in [-0.25, -0.2) is 0 Å². The molecule has 2 N–H and O–H groups in total. The first-order valence-electron chi connectivity index (χ1n) is 6.95. The van der Waals surface area contributed by atoms with Crippen LogP contribution in [0.25, 0.3) is 0 Å². The van der Waals surface area contributed by atoms with Crippen LogP contribution in [-0.2, 0) is 9.57 Å². The van der Waals surface area contributed by atoms with Crippen LogP contribution in [0, 0.1) is 0 Å². The first kappa shape index (κ1) is 17.8. The summed E-state index contributed by atoms with van der Waals surface area (Å²) in [5, 5.41) is 19.8. The van der Waals surface area contributed by atoms with Crippen LogP contribution in [0.1, 0.15) is 39.5 Å². The lowest BCUT2D eigenvalue weighted by molar-refractivity contribution is -0.178. The fourth-order valence-electron chi connectivity index (χ4n) is 1.49. The quantitative estimate of drug-likeness (QED) is 0.386. The number of aliphatic hydroxyl groups is 2. The number of hydrogen-bond acceptors (Lipinski definition) is 5. The topological polar surface area (TPSA) is 62.2 Å². The van der Waals surface area contributed by atoms with Crippen LogP contribution in [0.5, 0.6) is 0 Å². The van der Waals surface area contributed by atoms with E-state index in [2.05, 4.69) is 0 Å². The fourth-order valence-corrected chi connectivity index (χ4v) is 1.49. The molecule has 0 amide bonds. The van der Waals surface area contributed by atoms with Gasteiger partial charge in [-0.15, -0.1) is 0 Å². The summed E-state index contributed by atoms with van der Waals surface area (Å²) >= 11 is 0. The summed E-state index contributed by atoms with van der Waals surface area (Å²) in [7, 11) is 0. The van der Waals surface area contributed by atoms with E-state index in [1.54, 1.807) is 6.92 Å². The maximum Gasteiger partial charge on any atom is 0.0941 e. The Morgan fingerprint density at radius 2 is 1.78 bits per heavy atom. The van der Waals surface area contributed by atoms with E-state index in [9.17, 15) is 5.11 Å². The molecule has 0 aromatic heterocycles. The first-order chi connectivity index (χ1) is 8.70. The molecule has 5 nitrogen and oxygen atoms in total. The maximum absolute atomic E-state index is 9.20. The lowest BCUT2D eigenvalue weighted by Crippen LogP contribution is -2.30. The van der Waals surface area contributed by atoms with Gasteiger partial charge < -0.3 is 14.9 Å². The molecule has 0 spiro atoms. The van der Waals surface area contributed by atoms with E-state index < -0.39 is 6.10 Å². The summed E-state index contributed by atoms with van der Waals surface area (Å²) in [6.07, 6.45) is 3.27. The standard InChI is InChI=1S/C13H29NO4/c1-3-17-11-7-5-9-14(8-4-6-10-15)18-12-13(2)16/h13,15-16H,3-12H2,1-2H3. The maximum atomic E-state index is 9.20. The Labute approximate surface area is 111 Å². The van der Waals surface area contributed by atoms with Gasteiger partial charge in [0.25, 0.3) is 0 Å². The Hall–Kier alpha value is -0.200. The lowest BCUT2D eigenvalue weighted by atomic mass is 10.3. The Balaban J connectivity index is 3.66. The van der Waals surface area contributed by atoms with Gasteiger partial charge in [-0.3, -0.25) is 4.84 Å². The van der Waals surface area contributed by atoms with Crippen molar-refractivity contribution in [2.45, 2.75) is 45.6 Å². The highest BCUT2D eigenvalue weighted by atomic mass is 16.7. The molecule has 1 unspecified atom stereocenters. The average molecular weight is 263 g/mol. The van der Waals surface area contributed by atoms with E-state index in [-0.39, 0.29) is 6.61 Å². The highest BCUT2D eigenvalue weighted by Gasteiger charge is 2.06. The zero-order valence-corrected chi connectivity index (χ0v) is 11.8. The van der Waals surface area contributed by atoms with E-state index in [1.165, 1.54) is 0 Å². The van der Waals surface area contributed by atoms with Gasteiger partial charge in [-0.1, -0.05) is 0 Å². The van der Waals surface area contributed by atoms with Crippen LogP contribution in [0.2, 0.25) is 0 Å². The van der Waals surface area contributed by atoms with E-state index in [4.69, 9.17) is 14.7 Å². The molecule has 0 saturated heterocycles. The SMILES string of the molecule is CCOCCCCN(CCCCO)OCC(C)O. The van der Waals surface area contributed by atoms with Gasteiger partial charge in [-0.05, 0) is 39.5 Å². The van der Waals surface area contributed by atoms with Gasteiger partial charge in [0.1, 0.15) is 0 Å². The third kappa shape index (κ3) is 12.3. The zero-order valence-electron chi connectivity index (χ0n) is 11.8. The Kier molecular flexibility index (Phi) is 13.1. The molecule has 0 radical (unpaired) electrons. The predicted molar refractivity (Wildman–Crippen MR) is 71.3 cm³/mol. The van der Waals surface area contributed by atoms with Gasteiger partial charge >= 0.3 is 0 Å². The molecule has 0 aliphatic carbocycles. The second-order valence-corrected chi connectivity index (χ2v) is 4.41. The van der Waals surface area contributed by atoms with Gasteiger partial charge in [0.15, 0.2) is 0 Å². The van der Waals surface area contributed by atoms with Crippen molar-refractivity contribution >= 4 is 0 Å². The number of unbranched alkanes of at least 4 members (excludes halogenated alkanes) is 2. The Morgan fingerprint density at radius 3 is 2.33 bits per heavy atom. The van der Waals surface area contributed by atoms with E-state index in [0.29, 0.717) is 6.61 Å². The minimum absolute atomic E-state index is 0.217. The number of rotatable bonds is 13. The van der Waals surface area contributed by atoms with Crippen LogP contribution in [0.3, 0.4) is 0 Å². The largest absolute Gasteiger partial charge is 0.396 e. The summed E-state index contributed by atoms with van der Waals surface area (Å²) < 4.78 is 5.28. The molecule has 0 rings (SSSR count). The van der Waals surface area contributed by atoms with Crippen molar-refractivity contribution < 1.29 is 19.8 Å². The number of hydrogen-bond donors (Lipinski definition) is 2. The third-order valence-electron chi connectivity index (χ3n) is 2.46. The molecular formula is C13H29NO4. The van der Waals surface area contributed by atoms with Gasteiger partial charge in [0.2, 0.25) is 0 Å². The van der Waals surface area contributed by atoms with E-state index in [1.807, 2.05) is 12.0 Å². The molecule has 0 saturated carbocycles. The minimum atomic E-state index is -0.450. The van der Waals surface area contributed by atoms with Crippen molar-refractivity contribution in [3.05, 3.63) is 0 Å². The van der Waals surface area contributed by atoms with Gasteiger partial charge in [0, 0.05) is 32.9 Å². The van der Waals surface area contributed by atoms with Crippen LogP contribution in [0.15, 0.2) is 0 Å². The van der Waals surface area contributed by atoms with E-state index in [0.717, 1.165) is 52.0 Å². The van der Waals surface area contributed by atoms with Gasteiger partial charge in [-0.2, -0.15) is 5.06 Å². The molecular weight excluding hydrogens is 234 g/mol. The highest BCUT2D eigenvalue weighted by molar-refractivity contribution is 4.51. The predicted octanol–water partition coefficient (Wildman–Crippen LogP) is 1.19. The number of aliphatic hydroxyl groups excluding tert-OH is 2. The Morgan fingerprint density at radius 1 is 1.11 bits per heavy atom. The van der Waals surface area contributed by atoms with Gasteiger partial charge in [0.05, 0.1) is 12.7 Å². The van der Waals surface area contributed by atoms with Crippen molar-refractivity contribution in [3.63, 3.8) is 0 Å². The highest BCUT2D eigenvalue weighted by Crippen LogP contribution is 2.01. The summed E-state index contributed by atoms with van der Waals surface area (Å²) in [6.45, 7) is 7.43. The molecule has 18 heavy (non-hydrogen) atoms. The molecule has 0 aromatic rings. The molecule has 0 aliphatic heterocycles. The monoisotopic (exact) mass is 263 g/mol. The Bertz CT molecular complexity index is 167. The third-order valence-corrected chi connectivity index (χ3v) is 2.46. The van der Waals surface area contributed by atoms with Crippen molar-refractivity contribution in [2.24, 2.45) is 0 Å². The van der Waals surface area contributed by atoms with Crippen molar-refractivity contribution in [3.8, 4) is 0 Å². The second kappa shape index (κ2) is 13.2. The summed E-state index contributed by atoms with van der Waals surface area (Å²) in [5.41, 5.74) is 0. The van der Waals surface area contributed by atoms with Crippen LogP contribution in [0.4, 0.5) is 0 Å². The molecule has 1 atom stereocenters. The van der Waals surface area contributed by atoms with Crippen molar-refractivity contribution in [1.82, 2.24) is 5.06 Å². The molecule has 0 aliphatic rings. The van der Waals surface area contributed by atoms with Crippen molar-refractivity contribution in [1.29, 1.82) is 0 Å². The van der Waals surface area contributed by atoms with Crippen LogP contribution >= 0.6 is 0 Å². The number of hydroxylamine groups is 2. The molecule has 0 bridgehead atoms. The van der Waals surface area contributed by atoms with E-state index >= 15 is 0 Å². The minimum Gasteiger partial charge on any atom is -0.396 e. The molecule has 5 heteroatoms. The molecule has 0 aromatic carbocycles. The normalized spacial score (nSPS) is 13.2. The number of ether oxygens (including phenoxy) is 1. The first-order valence-corrected chi connectivity index (χ1v) is 6.95.